The quantitative estimate of drug-likeness (QED) is 0.750. The predicted octanol–water partition coefficient (Wildman–Crippen LogP) is 2.33. The zero-order valence-electron chi connectivity index (χ0n) is 13.8. The highest BCUT2D eigenvalue weighted by Gasteiger charge is 2.19. The number of carbonyl (C=O) groups is 1. The van der Waals surface area contributed by atoms with E-state index in [1.54, 1.807) is 0 Å². The number of rotatable bonds is 8. The van der Waals surface area contributed by atoms with Crippen LogP contribution < -0.4 is 10.9 Å². The summed E-state index contributed by atoms with van der Waals surface area (Å²) in [6.07, 6.45) is 3.49. The second-order valence-corrected chi connectivity index (χ2v) is 6.28. The van der Waals surface area contributed by atoms with Crippen molar-refractivity contribution in [2.45, 2.75) is 40.2 Å². The lowest BCUT2D eigenvalue weighted by atomic mass is 10.2. The van der Waals surface area contributed by atoms with Gasteiger partial charge in [0, 0.05) is 13.2 Å². The standard InChI is InChI=1S/C16H23N3O3S/c1-4-6-7-17-14(20)13-11(3)12-15(23-13)18-10-19(16(12)21)8-9-22-5-2/h10H,4-9H2,1-3H3,(H,17,20). The summed E-state index contributed by atoms with van der Waals surface area (Å²) in [4.78, 5) is 30.4. The molecule has 2 aromatic heterocycles. The topological polar surface area (TPSA) is 73.2 Å². The number of fused-ring (bicyclic) bond motifs is 1. The van der Waals surface area contributed by atoms with Crippen molar-refractivity contribution in [3.63, 3.8) is 0 Å². The van der Waals surface area contributed by atoms with Crippen LogP contribution in [-0.4, -0.2) is 35.2 Å². The molecule has 23 heavy (non-hydrogen) atoms. The summed E-state index contributed by atoms with van der Waals surface area (Å²) in [5.74, 6) is -0.126. The normalized spacial score (nSPS) is 11.1. The number of hydrogen-bond donors (Lipinski definition) is 1. The number of amides is 1. The lowest BCUT2D eigenvalue weighted by molar-refractivity contribution is 0.0956. The third-order valence-electron chi connectivity index (χ3n) is 3.62. The molecule has 0 saturated heterocycles. The fraction of sp³-hybridized carbons (Fsp3) is 0.562. The van der Waals surface area contributed by atoms with E-state index in [0.29, 0.717) is 47.0 Å². The van der Waals surface area contributed by atoms with Crippen LogP contribution >= 0.6 is 11.3 Å². The Kier molecular flexibility index (Phi) is 6.29. The van der Waals surface area contributed by atoms with Gasteiger partial charge in [0.25, 0.3) is 11.5 Å². The van der Waals surface area contributed by atoms with E-state index in [0.717, 1.165) is 12.8 Å². The van der Waals surface area contributed by atoms with Crippen LogP contribution in [0.25, 0.3) is 10.2 Å². The average Bonchev–Trinajstić information content (AvgIpc) is 2.87. The van der Waals surface area contributed by atoms with E-state index in [2.05, 4.69) is 17.2 Å². The first-order chi connectivity index (χ1) is 11.1. The van der Waals surface area contributed by atoms with Crippen LogP contribution in [-0.2, 0) is 11.3 Å². The van der Waals surface area contributed by atoms with E-state index in [4.69, 9.17) is 4.74 Å². The molecule has 2 rings (SSSR count). The Morgan fingerprint density at radius 2 is 2.22 bits per heavy atom. The van der Waals surface area contributed by atoms with E-state index in [9.17, 15) is 9.59 Å². The highest BCUT2D eigenvalue weighted by molar-refractivity contribution is 7.20. The number of nitrogens with zero attached hydrogens (tertiary/aromatic N) is 2. The molecule has 0 aromatic carbocycles. The van der Waals surface area contributed by atoms with Gasteiger partial charge in [0.15, 0.2) is 0 Å². The maximum atomic E-state index is 12.6. The largest absolute Gasteiger partial charge is 0.380 e. The number of thiophene rings is 1. The molecule has 0 saturated carbocycles. The van der Waals surface area contributed by atoms with E-state index in [1.807, 2.05) is 13.8 Å². The maximum absolute atomic E-state index is 12.6. The van der Waals surface area contributed by atoms with Gasteiger partial charge in [-0.1, -0.05) is 13.3 Å². The Hall–Kier alpha value is -1.73. The van der Waals surface area contributed by atoms with Crippen molar-refractivity contribution >= 4 is 27.5 Å². The summed E-state index contributed by atoms with van der Waals surface area (Å²) in [6.45, 7) is 7.99. The van der Waals surface area contributed by atoms with Crippen LogP contribution in [0.5, 0.6) is 0 Å². The van der Waals surface area contributed by atoms with Crippen LogP contribution in [0, 0.1) is 6.92 Å². The summed E-state index contributed by atoms with van der Waals surface area (Å²) in [5, 5.41) is 3.43. The molecule has 1 amide bonds. The molecular formula is C16H23N3O3S. The first-order valence-corrected chi connectivity index (χ1v) is 8.76. The molecule has 2 heterocycles. The molecule has 0 spiro atoms. The number of aryl methyl sites for hydroxylation is 1. The van der Waals surface area contributed by atoms with Gasteiger partial charge in [0.2, 0.25) is 0 Å². The number of hydrogen-bond acceptors (Lipinski definition) is 5. The minimum Gasteiger partial charge on any atom is -0.380 e. The minimum absolute atomic E-state index is 0.115. The zero-order valence-corrected chi connectivity index (χ0v) is 14.7. The molecule has 0 aliphatic carbocycles. The van der Waals surface area contributed by atoms with Gasteiger partial charge in [-0.05, 0) is 25.8 Å². The lowest BCUT2D eigenvalue weighted by Crippen LogP contribution is -2.25. The molecule has 0 aliphatic rings. The van der Waals surface area contributed by atoms with Gasteiger partial charge in [-0.15, -0.1) is 11.3 Å². The van der Waals surface area contributed by atoms with Crippen molar-refractivity contribution in [1.82, 2.24) is 14.9 Å². The zero-order chi connectivity index (χ0) is 16.8. The van der Waals surface area contributed by atoms with Crippen molar-refractivity contribution in [2.75, 3.05) is 19.8 Å². The molecule has 0 radical (unpaired) electrons. The van der Waals surface area contributed by atoms with Gasteiger partial charge in [-0.25, -0.2) is 4.98 Å². The second kappa shape index (κ2) is 8.21. The van der Waals surface area contributed by atoms with E-state index in [-0.39, 0.29) is 11.5 Å². The highest BCUT2D eigenvalue weighted by Crippen LogP contribution is 2.26. The average molecular weight is 337 g/mol. The molecule has 0 fully saturated rings. The monoisotopic (exact) mass is 337 g/mol. The molecule has 1 N–H and O–H groups in total. The van der Waals surface area contributed by atoms with E-state index in [1.165, 1.54) is 22.2 Å². The SMILES string of the molecule is CCCCNC(=O)c1sc2ncn(CCOCC)c(=O)c2c1C. The summed E-state index contributed by atoms with van der Waals surface area (Å²) in [6, 6.07) is 0. The van der Waals surface area contributed by atoms with Crippen molar-refractivity contribution in [3.8, 4) is 0 Å². The lowest BCUT2D eigenvalue weighted by Gasteiger charge is -2.05. The van der Waals surface area contributed by atoms with Crippen LogP contribution in [0.15, 0.2) is 11.1 Å². The van der Waals surface area contributed by atoms with Gasteiger partial charge in [-0.2, -0.15) is 0 Å². The number of nitrogens with one attached hydrogen (secondary N) is 1. The fourth-order valence-corrected chi connectivity index (χ4v) is 3.36. The maximum Gasteiger partial charge on any atom is 0.262 e. The van der Waals surface area contributed by atoms with Gasteiger partial charge in [-0.3, -0.25) is 14.2 Å². The smallest absolute Gasteiger partial charge is 0.262 e. The van der Waals surface area contributed by atoms with E-state index >= 15 is 0 Å². The Balaban J connectivity index is 2.29. The van der Waals surface area contributed by atoms with Crippen LogP contribution in [0.4, 0.5) is 0 Å². The van der Waals surface area contributed by atoms with Crippen molar-refractivity contribution in [1.29, 1.82) is 0 Å². The molecule has 0 bridgehead atoms. The first-order valence-electron chi connectivity index (χ1n) is 7.94. The fourth-order valence-electron chi connectivity index (χ4n) is 2.30. The Bertz CT molecular complexity index is 736. The first kappa shape index (κ1) is 17.6. The third kappa shape index (κ3) is 3.97. The van der Waals surface area contributed by atoms with Gasteiger partial charge in [0.1, 0.15) is 4.83 Å². The number of aromatic nitrogens is 2. The Morgan fingerprint density at radius 1 is 1.43 bits per heavy atom. The second-order valence-electron chi connectivity index (χ2n) is 5.29. The third-order valence-corrected chi connectivity index (χ3v) is 4.82. The van der Waals surface area contributed by atoms with Crippen molar-refractivity contribution in [2.24, 2.45) is 0 Å². The van der Waals surface area contributed by atoms with Gasteiger partial charge < -0.3 is 10.1 Å². The van der Waals surface area contributed by atoms with E-state index < -0.39 is 0 Å². The van der Waals surface area contributed by atoms with Crippen LogP contribution in [0.3, 0.4) is 0 Å². The summed E-state index contributed by atoms with van der Waals surface area (Å²) in [5.41, 5.74) is 0.596. The highest BCUT2D eigenvalue weighted by atomic mass is 32.1. The predicted molar refractivity (Wildman–Crippen MR) is 92.4 cm³/mol. The molecule has 0 unspecified atom stereocenters. The number of ether oxygens (including phenoxy) is 1. The number of carbonyl (C=O) groups excluding carboxylic acids is 1. The van der Waals surface area contributed by atoms with Gasteiger partial charge in [0.05, 0.1) is 29.7 Å². The summed E-state index contributed by atoms with van der Waals surface area (Å²) >= 11 is 1.27. The minimum atomic E-state index is -0.126. The Labute approximate surface area is 139 Å². The summed E-state index contributed by atoms with van der Waals surface area (Å²) < 4.78 is 6.82. The molecule has 0 atom stereocenters. The molecule has 6 nitrogen and oxygen atoms in total. The number of unbranched alkanes of at least 4 members (excludes halogenated alkanes) is 1. The van der Waals surface area contributed by atoms with Crippen molar-refractivity contribution in [3.05, 3.63) is 27.1 Å². The Morgan fingerprint density at radius 3 is 2.91 bits per heavy atom. The molecule has 126 valence electrons. The van der Waals surface area contributed by atoms with Crippen LogP contribution in [0.2, 0.25) is 0 Å². The summed E-state index contributed by atoms with van der Waals surface area (Å²) in [7, 11) is 0. The van der Waals surface area contributed by atoms with Crippen LogP contribution in [0.1, 0.15) is 41.9 Å². The molecule has 7 heteroatoms. The van der Waals surface area contributed by atoms with Crippen molar-refractivity contribution < 1.29 is 9.53 Å². The van der Waals surface area contributed by atoms with Gasteiger partial charge >= 0.3 is 0 Å². The molecular weight excluding hydrogens is 314 g/mol. The molecule has 2 aromatic rings. The molecule has 0 aliphatic heterocycles.